The molecule has 4 nitrogen and oxygen atoms in total. The average molecular weight is 292 g/mol. The Labute approximate surface area is 120 Å². The predicted molar refractivity (Wildman–Crippen MR) is 76.5 cm³/mol. The Bertz CT molecular complexity index is 702. The van der Waals surface area contributed by atoms with Crippen LogP contribution in [0, 0.1) is 18.6 Å². The van der Waals surface area contributed by atoms with E-state index in [4.69, 9.17) is 10.5 Å². The largest absolute Gasteiger partial charge is 0.496 e. The van der Waals surface area contributed by atoms with E-state index >= 15 is 0 Å². The minimum Gasteiger partial charge on any atom is -0.496 e. The Morgan fingerprint density at radius 3 is 2.57 bits per heavy atom. The van der Waals surface area contributed by atoms with Gasteiger partial charge in [-0.25, -0.2) is 8.78 Å². The fraction of sp³-hybridized carbons (Fsp3) is 0.133. The molecule has 21 heavy (non-hydrogen) atoms. The van der Waals surface area contributed by atoms with E-state index in [1.165, 1.54) is 7.11 Å². The van der Waals surface area contributed by atoms with Gasteiger partial charge in [0, 0.05) is 5.69 Å². The van der Waals surface area contributed by atoms with Crippen molar-refractivity contribution in [2.24, 2.45) is 0 Å². The molecule has 0 saturated heterocycles. The maximum Gasteiger partial charge on any atom is 0.261 e. The molecule has 2 aromatic rings. The van der Waals surface area contributed by atoms with E-state index in [2.05, 4.69) is 5.32 Å². The molecule has 0 spiro atoms. The lowest BCUT2D eigenvalue weighted by Crippen LogP contribution is -2.17. The molecule has 0 aliphatic heterocycles. The third kappa shape index (κ3) is 2.94. The van der Waals surface area contributed by atoms with Crippen LogP contribution in [0.3, 0.4) is 0 Å². The predicted octanol–water partition coefficient (Wildman–Crippen LogP) is 3.12. The number of carbonyl (C=O) groups is 1. The molecule has 0 aromatic heterocycles. The highest BCUT2D eigenvalue weighted by atomic mass is 19.1. The average Bonchev–Trinajstić information content (AvgIpc) is 2.43. The van der Waals surface area contributed by atoms with Crippen LogP contribution in [-0.2, 0) is 0 Å². The van der Waals surface area contributed by atoms with Crippen LogP contribution in [-0.4, -0.2) is 13.0 Å². The number of carbonyl (C=O) groups excluding carboxylic acids is 1. The molecular formula is C15H14F2N2O2. The Hall–Kier alpha value is -2.63. The third-order valence-electron chi connectivity index (χ3n) is 3.00. The number of anilines is 2. The first-order chi connectivity index (χ1) is 9.93. The number of rotatable bonds is 3. The number of benzene rings is 2. The lowest BCUT2D eigenvalue weighted by Gasteiger charge is -2.10. The standard InChI is InChI=1S/C15H14F2N2O2/c1-8-7-9(3-6-12(8)21-2)19-15(20)13-10(16)4-5-11(18)14(13)17/h3-7H,18H2,1-2H3,(H,19,20). The van der Waals surface area contributed by atoms with Gasteiger partial charge in [-0.1, -0.05) is 0 Å². The lowest BCUT2D eigenvalue weighted by molar-refractivity contribution is 0.101. The molecule has 110 valence electrons. The molecule has 0 aliphatic rings. The third-order valence-corrected chi connectivity index (χ3v) is 3.00. The molecule has 0 bridgehead atoms. The van der Waals surface area contributed by atoms with Crippen molar-refractivity contribution in [1.82, 2.24) is 0 Å². The summed E-state index contributed by atoms with van der Waals surface area (Å²) in [7, 11) is 1.53. The Morgan fingerprint density at radius 1 is 1.24 bits per heavy atom. The lowest BCUT2D eigenvalue weighted by atomic mass is 10.1. The highest BCUT2D eigenvalue weighted by Crippen LogP contribution is 2.23. The zero-order valence-corrected chi connectivity index (χ0v) is 11.5. The van der Waals surface area contributed by atoms with Crippen molar-refractivity contribution in [2.45, 2.75) is 6.92 Å². The van der Waals surface area contributed by atoms with Crippen LogP contribution >= 0.6 is 0 Å². The maximum atomic E-state index is 13.8. The summed E-state index contributed by atoms with van der Waals surface area (Å²) in [6, 6.07) is 6.88. The van der Waals surface area contributed by atoms with E-state index in [0.717, 1.165) is 17.7 Å². The van der Waals surface area contributed by atoms with Gasteiger partial charge in [0.15, 0.2) is 5.82 Å². The minimum absolute atomic E-state index is 0.285. The van der Waals surface area contributed by atoms with E-state index in [0.29, 0.717) is 11.4 Å². The normalized spacial score (nSPS) is 10.3. The van der Waals surface area contributed by atoms with Crippen LogP contribution in [0.2, 0.25) is 0 Å². The number of halogens is 2. The van der Waals surface area contributed by atoms with Crippen LogP contribution in [0.5, 0.6) is 5.75 Å². The van der Waals surface area contributed by atoms with Crippen molar-refractivity contribution >= 4 is 17.3 Å². The van der Waals surface area contributed by atoms with Crippen molar-refractivity contribution in [3.63, 3.8) is 0 Å². The van der Waals surface area contributed by atoms with Gasteiger partial charge in [0.1, 0.15) is 17.1 Å². The van der Waals surface area contributed by atoms with Gasteiger partial charge in [-0.05, 0) is 42.8 Å². The first kappa shape index (κ1) is 14.8. The van der Waals surface area contributed by atoms with E-state index in [1.807, 2.05) is 0 Å². The number of nitrogens with two attached hydrogens (primary N) is 1. The molecule has 1 amide bonds. The molecule has 0 unspecified atom stereocenters. The molecule has 6 heteroatoms. The molecular weight excluding hydrogens is 278 g/mol. The van der Waals surface area contributed by atoms with Crippen molar-refractivity contribution in [1.29, 1.82) is 0 Å². The summed E-state index contributed by atoms with van der Waals surface area (Å²) in [6.07, 6.45) is 0. The number of hydrogen-bond donors (Lipinski definition) is 2. The highest BCUT2D eigenvalue weighted by molar-refractivity contribution is 6.05. The quantitative estimate of drug-likeness (QED) is 0.854. The number of amides is 1. The number of hydrogen-bond acceptors (Lipinski definition) is 3. The zero-order valence-electron chi connectivity index (χ0n) is 11.5. The maximum absolute atomic E-state index is 13.8. The molecule has 0 atom stereocenters. The summed E-state index contributed by atoms with van der Waals surface area (Å²) in [4.78, 5) is 12.0. The molecule has 0 saturated carbocycles. The Kier molecular flexibility index (Phi) is 4.07. The van der Waals surface area contributed by atoms with Crippen molar-refractivity contribution in [3.05, 3.63) is 53.1 Å². The van der Waals surface area contributed by atoms with E-state index in [1.54, 1.807) is 25.1 Å². The first-order valence-electron chi connectivity index (χ1n) is 6.13. The van der Waals surface area contributed by atoms with Gasteiger partial charge < -0.3 is 15.8 Å². The number of ether oxygens (including phenoxy) is 1. The SMILES string of the molecule is COc1ccc(NC(=O)c2c(F)ccc(N)c2F)cc1C. The fourth-order valence-corrected chi connectivity index (χ4v) is 1.93. The number of methoxy groups -OCH3 is 1. The van der Waals surface area contributed by atoms with E-state index < -0.39 is 23.1 Å². The second-order valence-electron chi connectivity index (χ2n) is 4.46. The summed E-state index contributed by atoms with van der Waals surface area (Å²) < 4.78 is 32.5. The van der Waals surface area contributed by atoms with E-state index in [9.17, 15) is 13.6 Å². The summed E-state index contributed by atoms with van der Waals surface area (Å²) in [5, 5.41) is 2.43. The molecule has 2 rings (SSSR count). The molecule has 3 N–H and O–H groups in total. The minimum atomic E-state index is -1.07. The van der Waals surface area contributed by atoms with Crippen LogP contribution in [0.4, 0.5) is 20.2 Å². The van der Waals surface area contributed by atoms with Crippen molar-refractivity contribution < 1.29 is 18.3 Å². The molecule has 0 radical (unpaired) electrons. The van der Waals surface area contributed by atoms with Crippen LogP contribution < -0.4 is 15.8 Å². The van der Waals surface area contributed by atoms with Crippen LogP contribution in [0.1, 0.15) is 15.9 Å². The second kappa shape index (κ2) is 5.78. The van der Waals surface area contributed by atoms with Crippen LogP contribution in [0.25, 0.3) is 0 Å². The van der Waals surface area contributed by atoms with Crippen molar-refractivity contribution in [3.8, 4) is 5.75 Å². The highest BCUT2D eigenvalue weighted by Gasteiger charge is 2.19. The summed E-state index contributed by atoms with van der Waals surface area (Å²) >= 11 is 0. The van der Waals surface area contributed by atoms with Gasteiger partial charge in [-0.3, -0.25) is 4.79 Å². The fourth-order valence-electron chi connectivity index (χ4n) is 1.93. The van der Waals surface area contributed by atoms with Gasteiger partial charge in [0.2, 0.25) is 0 Å². The summed E-state index contributed by atoms with van der Waals surface area (Å²) in [5.41, 5.74) is 5.54. The second-order valence-corrected chi connectivity index (χ2v) is 4.46. The molecule has 2 aromatic carbocycles. The molecule has 0 fully saturated rings. The summed E-state index contributed by atoms with van der Waals surface area (Å²) in [5.74, 6) is -2.29. The number of nitrogens with one attached hydrogen (secondary N) is 1. The van der Waals surface area contributed by atoms with E-state index in [-0.39, 0.29) is 5.69 Å². The topological polar surface area (TPSA) is 64.3 Å². The Balaban J connectivity index is 2.30. The monoisotopic (exact) mass is 292 g/mol. The Morgan fingerprint density at radius 2 is 1.95 bits per heavy atom. The number of nitrogen functional groups attached to an aromatic ring is 1. The summed E-state index contributed by atoms with van der Waals surface area (Å²) in [6.45, 7) is 1.79. The van der Waals surface area contributed by atoms with Crippen molar-refractivity contribution in [2.75, 3.05) is 18.2 Å². The van der Waals surface area contributed by atoms with Gasteiger partial charge in [0.25, 0.3) is 5.91 Å². The van der Waals surface area contributed by atoms with Gasteiger partial charge >= 0.3 is 0 Å². The number of aryl methyl sites for hydroxylation is 1. The zero-order chi connectivity index (χ0) is 15.6. The van der Waals surface area contributed by atoms with Crippen LogP contribution in [0.15, 0.2) is 30.3 Å². The first-order valence-corrected chi connectivity index (χ1v) is 6.13. The smallest absolute Gasteiger partial charge is 0.261 e. The molecule has 0 heterocycles. The van der Waals surface area contributed by atoms with Gasteiger partial charge in [0.05, 0.1) is 12.8 Å². The molecule has 0 aliphatic carbocycles. The van der Waals surface area contributed by atoms with Gasteiger partial charge in [-0.2, -0.15) is 0 Å². The van der Waals surface area contributed by atoms with Gasteiger partial charge in [-0.15, -0.1) is 0 Å².